The minimum atomic E-state index is -0.750. The summed E-state index contributed by atoms with van der Waals surface area (Å²) in [6.45, 7) is 7.35. The normalized spacial score (nSPS) is 13.2. The van der Waals surface area contributed by atoms with Crippen molar-refractivity contribution in [2.24, 2.45) is 0 Å². The molecule has 0 spiro atoms. The largest absolute Gasteiger partial charge is 0.415 e. The minimum Gasteiger partial charge on any atom is -0.415 e. The highest BCUT2D eigenvalue weighted by atomic mass is 32.2. The number of hydrogen-bond acceptors (Lipinski definition) is 5. The summed E-state index contributed by atoms with van der Waals surface area (Å²) in [6.07, 6.45) is 0. The van der Waals surface area contributed by atoms with Crippen LogP contribution in [0, 0.1) is 11.6 Å². The van der Waals surface area contributed by atoms with Gasteiger partial charge in [-0.3, -0.25) is 4.79 Å². The van der Waals surface area contributed by atoms with Gasteiger partial charge >= 0.3 is 0 Å². The third-order valence-electron chi connectivity index (χ3n) is 2.89. The maximum atomic E-state index is 13.6. The van der Waals surface area contributed by atoms with Crippen molar-refractivity contribution in [2.75, 3.05) is 0 Å². The zero-order chi connectivity index (χ0) is 16.5. The zero-order valence-corrected chi connectivity index (χ0v) is 13.5. The van der Waals surface area contributed by atoms with Crippen molar-refractivity contribution in [2.45, 2.75) is 43.6 Å². The molecule has 1 atom stereocenters. The number of carbonyl (C=O) groups excluding carboxylic acids is 1. The molecular weight excluding hydrogens is 310 g/mol. The predicted octanol–water partition coefficient (Wildman–Crippen LogP) is 4.01. The molecule has 0 radical (unpaired) electrons. The van der Waals surface area contributed by atoms with E-state index in [-0.39, 0.29) is 16.2 Å². The van der Waals surface area contributed by atoms with Crippen LogP contribution in [0.1, 0.15) is 43.9 Å². The summed E-state index contributed by atoms with van der Waals surface area (Å²) >= 11 is 1.02. The first-order valence-corrected chi connectivity index (χ1v) is 7.56. The van der Waals surface area contributed by atoms with Gasteiger partial charge in [-0.1, -0.05) is 32.5 Å². The van der Waals surface area contributed by atoms with Gasteiger partial charge in [0.1, 0.15) is 11.6 Å². The summed E-state index contributed by atoms with van der Waals surface area (Å²) in [6, 6.07) is 2.80. The fourth-order valence-corrected chi connectivity index (χ4v) is 2.42. The highest BCUT2D eigenvalue weighted by Gasteiger charge is 2.25. The molecule has 1 aromatic carbocycles. The molecule has 7 heteroatoms. The fourth-order valence-electron chi connectivity index (χ4n) is 1.67. The molecule has 1 heterocycles. The zero-order valence-electron chi connectivity index (χ0n) is 12.7. The summed E-state index contributed by atoms with van der Waals surface area (Å²) < 4.78 is 32.3. The Kier molecular flexibility index (Phi) is 4.65. The second-order valence-corrected chi connectivity index (χ2v) is 7.16. The number of nitrogens with zero attached hydrogens (tertiary/aromatic N) is 2. The number of hydrogen-bond donors (Lipinski definition) is 0. The van der Waals surface area contributed by atoms with Gasteiger partial charge in [0.05, 0.1) is 10.8 Å². The third kappa shape index (κ3) is 3.71. The van der Waals surface area contributed by atoms with E-state index in [4.69, 9.17) is 4.42 Å². The Bertz CT molecular complexity index is 695. The van der Waals surface area contributed by atoms with Crippen molar-refractivity contribution >= 4 is 17.5 Å². The van der Waals surface area contributed by atoms with Crippen molar-refractivity contribution in [3.8, 4) is 0 Å². The smallest absolute Gasteiger partial charge is 0.277 e. The van der Waals surface area contributed by atoms with Gasteiger partial charge in [-0.05, 0) is 25.1 Å². The van der Waals surface area contributed by atoms with E-state index in [9.17, 15) is 13.6 Å². The summed E-state index contributed by atoms with van der Waals surface area (Å²) in [7, 11) is 0. The Balaban J connectivity index is 2.15. The highest BCUT2D eigenvalue weighted by molar-refractivity contribution is 8.00. The quantitative estimate of drug-likeness (QED) is 0.627. The Morgan fingerprint density at radius 3 is 2.55 bits per heavy atom. The van der Waals surface area contributed by atoms with E-state index in [1.165, 1.54) is 0 Å². The lowest BCUT2D eigenvalue weighted by Gasteiger charge is -2.11. The lowest BCUT2D eigenvalue weighted by atomic mass is 9.97. The van der Waals surface area contributed by atoms with Crippen LogP contribution in [-0.2, 0) is 5.41 Å². The van der Waals surface area contributed by atoms with Crippen LogP contribution < -0.4 is 0 Å². The maximum absolute atomic E-state index is 13.6. The molecule has 0 N–H and O–H groups in total. The van der Waals surface area contributed by atoms with E-state index in [0.29, 0.717) is 5.89 Å². The molecule has 4 nitrogen and oxygen atoms in total. The highest BCUT2D eigenvalue weighted by Crippen LogP contribution is 2.28. The Labute approximate surface area is 131 Å². The topological polar surface area (TPSA) is 56.0 Å². The van der Waals surface area contributed by atoms with Crippen LogP contribution in [0.25, 0.3) is 0 Å². The number of halogens is 2. The number of rotatable bonds is 4. The van der Waals surface area contributed by atoms with Gasteiger partial charge in [0, 0.05) is 5.41 Å². The van der Waals surface area contributed by atoms with E-state index in [1.807, 2.05) is 20.8 Å². The van der Waals surface area contributed by atoms with Crippen LogP contribution in [0.3, 0.4) is 0 Å². The molecule has 2 aromatic rings. The average molecular weight is 326 g/mol. The molecule has 0 unspecified atom stereocenters. The van der Waals surface area contributed by atoms with Gasteiger partial charge in [-0.2, -0.15) is 0 Å². The van der Waals surface area contributed by atoms with Crippen LogP contribution in [0.2, 0.25) is 0 Å². The second-order valence-electron chi connectivity index (χ2n) is 5.87. The lowest BCUT2D eigenvalue weighted by molar-refractivity contribution is 0.0989. The van der Waals surface area contributed by atoms with Crippen molar-refractivity contribution in [1.29, 1.82) is 0 Å². The summed E-state index contributed by atoms with van der Waals surface area (Å²) in [5, 5.41) is 7.33. The molecule has 0 fully saturated rings. The second kappa shape index (κ2) is 6.16. The first-order chi connectivity index (χ1) is 10.2. The van der Waals surface area contributed by atoms with Gasteiger partial charge in [0.25, 0.3) is 5.22 Å². The van der Waals surface area contributed by atoms with Crippen LogP contribution in [0.4, 0.5) is 8.78 Å². The number of aromatic nitrogens is 2. The fraction of sp³-hybridized carbons (Fsp3) is 0.400. The Morgan fingerprint density at radius 1 is 1.27 bits per heavy atom. The summed E-state index contributed by atoms with van der Waals surface area (Å²) in [5.41, 5.74) is -0.580. The SMILES string of the molecule is C[C@H](Sc1nnc(C(C)(C)C)o1)C(=O)c1cc(F)ccc1F. The van der Waals surface area contributed by atoms with Crippen LogP contribution in [0.15, 0.2) is 27.8 Å². The van der Waals surface area contributed by atoms with E-state index >= 15 is 0 Å². The van der Waals surface area contributed by atoms with Gasteiger partial charge in [0.15, 0.2) is 5.78 Å². The molecule has 0 saturated heterocycles. The van der Waals surface area contributed by atoms with E-state index in [1.54, 1.807) is 6.92 Å². The molecule has 1 aromatic heterocycles. The predicted molar refractivity (Wildman–Crippen MR) is 79.0 cm³/mol. The first kappa shape index (κ1) is 16.6. The standard InChI is InChI=1S/C15H16F2N2O2S/c1-8(12(20)10-7-9(16)5-6-11(10)17)22-14-19-18-13(21-14)15(2,3)4/h5-8H,1-4H3/t8-/m0/s1. The van der Waals surface area contributed by atoms with Crippen LogP contribution in [0.5, 0.6) is 0 Å². The van der Waals surface area contributed by atoms with Gasteiger partial charge < -0.3 is 4.42 Å². The number of thioether (sulfide) groups is 1. The van der Waals surface area contributed by atoms with Gasteiger partial charge in [-0.15, -0.1) is 10.2 Å². The van der Waals surface area contributed by atoms with E-state index < -0.39 is 22.7 Å². The number of ketones is 1. The Morgan fingerprint density at radius 2 is 1.95 bits per heavy atom. The summed E-state index contributed by atoms with van der Waals surface area (Å²) in [4.78, 5) is 12.2. The van der Waals surface area contributed by atoms with Gasteiger partial charge in [0.2, 0.25) is 5.89 Å². The molecule has 22 heavy (non-hydrogen) atoms. The van der Waals surface area contributed by atoms with Crippen molar-refractivity contribution in [3.63, 3.8) is 0 Å². The molecule has 2 rings (SSSR count). The van der Waals surface area contributed by atoms with Crippen LogP contribution in [-0.4, -0.2) is 21.2 Å². The molecule has 0 saturated carbocycles. The van der Waals surface area contributed by atoms with E-state index in [2.05, 4.69) is 10.2 Å². The molecule has 0 bridgehead atoms. The molecule has 0 aliphatic heterocycles. The monoisotopic (exact) mass is 326 g/mol. The van der Waals surface area contributed by atoms with Crippen molar-refractivity contribution in [3.05, 3.63) is 41.3 Å². The Hall–Kier alpha value is -1.76. The lowest BCUT2D eigenvalue weighted by Crippen LogP contribution is -2.15. The number of Topliss-reactive ketones (excluding diaryl/α,β-unsaturated/α-hetero) is 1. The number of carbonyl (C=O) groups is 1. The van der Waals surface area contributed by atoms with Crippen molar-refractivity contribution < 1.29 is 18.0 Å². The molecule has 0 aliphatic carbocycles. The van der Waals surface area contributed by atoms with Gasteiger partial charge in [-0.25, -0.2) is 8.78 Å². The third-order valence-corrected chi connectivity index (χ3v) is 3.82. The van der Waals surface area contributed by atoms with Crippen molar-refractivity contribution in [1.82, 2.24) is 10.2 Å². The molecular formula is C15H16F2N2O2S. The number of benzene rings is 1. The van der Waals surface area contributed by atoms with Crippen LogP contribution >= 0.6 is 11.8 Å². The average Bonchev–Trinajstić information content (AvgIpc) is 2.89. The molecule has 0 amide bonds. The first-order valence-electron chi connectivity index (χ1n) is 6.68. The van der Waals surface area contributed by atoms with E-state index in [0.717, 1.165) is 30.0 Å². The summed E-state index contributed by atoms with van der Waals surface area (Å²) in [5.74, 6) is -1.49. The molecule has 118 valence electrons. The molecule has 0 aliphatic rings. The minimum absolute atomic E-state index is 0.225. The maximum Gasteiger partial charge on any atom is 0.277 e.